The molecule has 6 heteroatoms. The normalized spacial score (nSPS) is 15.3. The van der Waals surface area contributed by atoms with Crippen molar-refractivity contribution >= 4 is 40.9 Å². The van der Waals surface area contributed by atoms with Gasteiger partial charge < -0.3 is 4.74 Å². The lowest BCUT2D eigenvalue weighted by molar-refractivity contribution is -0.112. The number of ether oxygens (including phenoxy) is 1. The van der Waals surface area contributed by atoms with Crippen LogP contribution in [0.2, 0.25) is 5.02 Å². The smallest absolute Gasteiger partial charge is 0.422 e. The number of hydrogen-bond acceptors (Lipinski definition) is 3. The molecule has 2 aromatic rings. The lowest BCUT2D eigenvalue weighted by Gasteiger charge is -2.23. The molecule has 0 aliphatic carbocycles. The molecule has 26 heavy (non-hydrogen) atoms. The number of amides is 2. The van der Waals surface area contributed by atoms with Crippen molar-refractivity contribution in [1.29, 1.82) is 0 Å². The van der Waals surface area contributed by atoms with E-state index in [1.54, 1.807) is 51.1 Å². The van der Waals surface area contributed by atoms with Crippen LogP contribution in [0.15, 0.2) is 42.5 Å². The molecule has 1 heterocycles. The van der Waals surface area contributed by atoms with E-state index in [-0.39, 0.29) is 5.57 Å². The van der Waals surface area contributed by atoms with Crippen LogP contribution in [-0.4, -0.2) is 17.6 Å². The van der Waals surface area contributed by atoms with Crippen molar-refractivity contribution in [2.45, 2.75) is 26.4 Å². The molecule has 3 rings (SSSR count). The summed E-state index contributed by atoms with van der Waals surface area (Å²) in [5.41, 5.74) is 0.728. The van der Waals surface area contributed by atoms with E-state index < -0.39 is 23.4 Å². The number of rotatable bonds is 1. The summed E-state index contributed by atoms with van der Waals surface area (Å²) in [6, 6.07) is 10.7. The molecule has 2 amide bonds. The van der Waals surface area contributed by atoms with Crippen LogP contribution in [0.3, 0.4) is 0 Å². The number of imide groups is 1. The minimum atomic E-state index is -0.801. The zero-order valence-corrected chi connectivity index (χ0v) is 15.3. The summed E-state index contributed by atoms with van der Waals surface area (Å²) in [5.74, 6) is -1.07. The van der Waals surface area contributed by atoms with Crippen LogP contribution in [0, 0.1) is 5.82 Å². The molecule has 2 aromatic carbocycles. The summed E-state index contributed by atoms with van der Waals surface area (Å²) in [7, 11) is 0. The summed E-state index contributed by atoms with van der Waals surface area (Å²) in [4.78, 5) is 26.3. The Labute approximate surface area is 155 Å². The zero-order valence-electron chi connectivity index (χ0n) is 14.5. The summed E-state index contributed by atoms with van der Waals surface area (Å²) in [6.07, 6.45) is 0.779. The van der Waals surface area contributed by atoms with E-state index in [4.69, 9.17) is 16.3 Å². The van der Waals surface area contributed by atoms with E-state index in [0.717, 1.165) is 4.90 Å². The highest BCUT2D eigenvalue weighted by Gasteiger charge is 2.39. The first-order valence-corrected chi connectivity index (χ1v) is 8.38. The van der Waals surface area contributed by atoms with Crippen LogP contribution in [0.5, 0.6) is 0 Å². The standard InChI is InChI=1S/C20H17ClFNO3/c1-20(2,3)26-19(25)23-17-8-7-14(22)11-15(17)16(18(23)24)10-12-5-4-6-13(21)9-12/h4-11H,1-3H3. The Balaban J connectivity index is 2.09. The first kappa shape index (κ1) is 18.1. The molecule has 0 unspecified atom stereocenters. The van der Waals surface area contributed by atoms with Gasteiger partial charge in [-0.05, 0) is 62.7 Å². The molecule has 134 valence electrons. The van der Waals surface area contributed by atoms with Crippen molar-refractivity contribution in [2.24, 2.45) is 0 Å². The predicted octanol–water partition coefficient (Wildman–Crippen LogP) is 5.30. The Morgan fingerprint density at radius 1 is 1.19 bits per heavy atom. The van der Waals surface area contributed by atoms with E-state index >= 15 is 0 Å². The van der Waals surface area contributed by atoms with Crippen LogP contribution in [-0.2, 0) is 9.53 Å². The molecule has 1 aliphatic heterocycles. The average Bonchev–Trinajstić information content (AvgIpc) is 2.78. The molecular weight excluding hydrogens is 357 g/mol. The fourth-order valence-corrected chi connectivity index (χ4v) is 2.85. The van der Waals surface area contributed by atoms with E-state index in [0.29, 0.717) is 21.8 Å². The number of carbonyl (C=O) groups is 2. The molecule has 0 spiro atoms. The molecular formula is C20H17ClFNO3. The van der Waals surface area contributed by atoms with Crippen LogP contribution in [0.1, 0.15) is 31.9 Å². The van der Waals surface area contributed by atoms with Gasteiger partial charge in [-0.3, -0.25) is 4.79 Å². The molecule has 0 saturated carbocycles. The van der Waals surface area contributed by atoms with E-state index in [1.807, 2.05) is 0 Å². The van der Waals surface area contributed by atoms with Gasteiger partial charge in [0.25, 0.3) is 5.91 Å². The maximum Gasteiger partial charge on any atom is 0.422 e. The molecule has 0 N–H and O–H groups in total. The third kappa shape index (κ3) is 3.63. The van der Waals surface area contributed by atoms with E-state index in [2.05, 4.69) is 0 Å². The maximum absolute atomic E-state index is 13.8. The van der Waals surface area contributed by atoms with Gasteiger partial charge in [0.2, 0.25) is 0 Å². The summed E-state index contributed by atoms with van der Waals surface area (Å²) >= 11 is 5.99. The molecule has 4 nitrogen and oxygen atoms in total. The number of halogens is 2. The quantitative estimate of drug-likeness (QED) is 0.637. The van der Waals surface area contributed by atoms with E-state index in [9.17, 15) is 14.0 Å². The minimum Gasteiger partial charge on any atom is -0.443 e. The molecule has 0 saturated heterocycles. The van der Waals surface area contributed by atoms with Gasteiger partial charge in [-0.25, -0.2) is 14.1 Å². The van der Waals surface area contributed by atoms with Crippen molar-refractivity contribution in [1.82, 2.24) is 0 Å². The first-order valence-electron chi connectivity index (χ1n) is 8.00. The van der Waals surface area contributed by atoms with Gasteiger partial charge in [0.1, 0.15) is 11.4 Å². The number of hydrogen-bond donors (Lipinski definition) is 0. The van der Waals surface area contributed by atoms with Crippen LogP contribution >= 0.6 is 11.6 Å². The summed E-state index contributed by atoms with van der Waals surface area (Å²) in [6.45, 7) is 5.12. The third-order valence-electron chi connectivity index (χ3n) is 3.66. The minimum absolute atomic E-state index is 0.202. The highest BCUT2D eigenvalue weighted by atomic mass is 35.5. The molecule has 0 aromatic heterocycles. The molecule has 0 atom stereocenters. The fourth-order valence-electron chi connectivity index (χ4n) is 2.66. The van der Waals surface area contributed by atoms with Gasteiger partial charge >= 0.3 is 6.09 Å². The molecule has 0 bridgehead atoms. The maximum atomic E-state index is 13.8. The SMILES string of the molecule is CC(C)(C)OC(=O)N1C(=O)C(=Cc2cccc(Cl)c2)c2cc(F)ccc21. The second kappa shape index (κ2) is 6.57. The second-order valence-corrected chi connectivity index (χ2v) is 7.33. The van der Waals surface area contributed by atoms with Crippen LogP contribution in [0.4, 0.5) is 14.9 Å². The van der Waals surface area contributed by atoms with Crippen molar-refractivity contribution in [3.8, 4) is 0 Å². The highest BCUT2D eigenvalue weighted by molar-refractivity contribution is 6.41. The highest BCUT2D eigenvalue weighted by Crippen LogP contribution is 2.39. The number of carbonyl (C=O) groups excluding carboxylic acids is 2. The summed E-state index contributed by atoms with van der Waals surface area (Å²) in [5, 5.41) is 0.508. The van der Waals surface area contributed by atoms with Crippen molar-refractivity contribution in [3.63, 3.8) is 0 Å². The predicted molar refractivity (Wildman–Crippen MR) is 99.4 cm³/mol. The average molecular weight is 374 g/mol. The van der Waals surface area contributed by atoms with Crippen molar-refractivity contribution in [3.05, 3.63) is 64.4 Å². The Bertz CT molecular complexity index is 931. The lowest BCUT2D eigenvalue weighted by atomic mass is 10.0. The van der Waals surface area contributed by atoms with Crippen LogP contribution in [0.25, 0.3) is 11.6 Å². The third-order valence-corrected chi connectivity index (χ3v) is 3.89. The number of nitrogens with zero attached hydrogens (tertiary/aromatic N) is 1. The Morgan fingerprint density at radius 3 is 2.58 bits per heavy atom. The monoisotopic (exact) mass is 373 g/mol. The Morgan fingerprint density at radius 2 is 1.92 bits per heavy atom. The number of anilines is 1. The number of fused-ring (bicyclic) bond motifs is 1. The van der Waals surface area contributed by atoms with Crippen molar-refractivity contribution < 1.29 is 18.7 Å². The van der Waals surface area contributed by atoms with Gasteiger partial charge in [0.15, 0.2) is 0 Å². The molecule has 1 aliphatic rings. The largest absolute Gasteiger partial charge is 0.443 e. The van der Waals surface area contributed by atoms with Gasteiger partial charge in [0, 0.05) is 10.6 Å². The zero-order chi connectivity index (χ0) is 19.1. The molecule has 0 radical (unpaired) electrons. The van der Waals surface area contributed by atoms with E-state index in [1.165, 1.54) is 18.2 Å². The van der Waals surface area contributed by atoms with Crippen molar-refractivity contribution in [2.75, 3.05) is 4.90 Å². The van der Waals surface area contributed by atoms with Gasteiger partial charge in [-0.15, -0.1) is 0 Å². The van der Waals surface area contributed by atoms with Gasteiger partial charge in [-0.2, -0.15) is 0 Å². The topological polar surface area (TPSA) is 46.6 Å². The summed E-state index contributed by atoms with van der Waals surface area (Å²) < 4.78 is 19.1. The lowest BCUT2D eigenvalue weighted by Crippen LogP contribution is -2.38. The Kier molecular flexibility index (Phi) is 4.59. The molecule has 0 fully saturated rings. The van der Waals surface area contributed by atoms with Crippen LogP contribution < -0.4 is 4.90 Å². The first-order chi connectivity index (χ1) is 12.2. The second-order valence-electron chi connectivity index (χ2n) is 6.90. The van der Waals surface area contributed by atoms with Gasteiger partial charge in [-0.1, -0.05) is 23.7 Å². The fraction of sp³-hybridized carbons (Fsp3) is 0.200. The Hall–Kier alpha value is -2.66. The number of benzene rings is 2. The van der Waals surface area contributed by atoms with Gasteiger partial charge in [0.05, 0.1) is 11.3 Å².